The molecule has 0 unspecified atom stereocenters. The van der Waals surface area contributed by atoms with Gasteiger partial charge in [0.05, 0.1) is 25.9 Å². The molecule has 7 nitrogen and oxygen atoms in total. The Bertz CT molecular complexity index is 750. The van der Waals surface area contributed by atoms with Crippen LogP contribution in [-0.2, 0) is 9.53 Å². The van der Waals surface area contributed by atoms with Gasteiger partial charge in [0.1, 0.15) is 5.60 Å². The minimum absolute atomic E-state index is 0.125. The van der Waals surface area contributed by atoms with E-state index in [2.05, 4.69) is 0 Å². The molecule has 0 spiro atoms. The van der Waals surface area contributed by atoms with Crippen LogP contribution in [0.5, 0.6) is 11.5 Å². The van der Waals surface area contributed by atoms with Gasteiger partial charge < -0.3 is 19.3 Å². The number of imide groups is 1. The quantitative estimate of drug-likeness (QED) is 0.805. The number of amides is 2. The number of methoxy groups -OCH3 is 1. The van der Waals surface area contributed by atoms with Crippen molar-refractivity contribution in [1.29, 1.82) is 0 Å². The Morgan fingerprint density at radius 3 is 2.48 bits per heavy atom. The third-order valence-corrected chi connectivity index (χ3v) is 5.45. The smallest absolute Gasteiger partial charge is 0.417 e. The topological polar surface area (TPSA) is 85.3 Å². The number of hydrogen-bond donors (Lipinski definition) is 1. The molecule has 2 aliphatic rings. The number of aliphatic hydroxyl groups is 1. The van der Waals surface area contributed by atoms with Gasteiger partial charge in [0.25, 0.3) is 0 Å². The molecule has 1 aliphatic carbocycles. The zero-order valence-corrected chi connectivity index (χ0v) is 17.6. The maximum Gasteiger partial charge on any atom is 0.417 e. The van der Waals surface area contributed by atoms with Crippen molar-refractivity contribution in [3.8, 4) is 11.5 Å². The number of carbonyl (C=O) groups excluding carboxylic acids is 2. The van der Waals surface area contributed by atoms with Crippen molar-refractivity contribution in [3.05, 3.63) is 23.8 Å². The first-order valence-electron chi connectivity index (χ1n) is 10.2. The van der Waals surface area contributed by atoms with Crippen molar-refractivity contribution in [1.82, 2.24) is 4.90 Å². The van der Waals surface area contributed by atoms with Crippen LogP contribution in [0, 0.1) is 0 Å². The normalized spacial score (nSPS) is 22.8. The lowest BCUT2D eigenvalue weighted by Crippen LogP contribution is -2.44. The zero-order valence-electron chi connectivity index (χ0n) is 17.6. The van der Waals surface area contributed by atoms with E-state index in [1.54, 1.807) is 27.9 Å². The maximum atomic E-state index is 12.6. The fourth-order valence-electron chi connectivity index (χ4n) is 4.09. The molecule has 1 aliphatic heterocycles. The van der Waals surface area contributed by atoms with Gasteiger partial charge in [-0.15, -0.1) is 0 Å². The van der Waals surface area contributed by atoms with E-state index < -0.39 is 17.7 Å². The molecule has 1 saturated carbocycles. The molecule has 2 amide bonds. The van der Waals surface area contributed by atoms with E-state index in [1.807, 2.05) is 18.2 Å². The number of rotatable bonds is 5. The predicted molar refractivity (Wildman–Crippen MR) is 107 cm³/mol. The number of hydrogen-bond acceptors (Lipinski definition) is 6. The lowest BCUT2D eigenvalue weighted by molar-refractivity contribution is -0.128. The van der Waals surface area contributed by atoms with Crippen LogP contribution in [0.2, 0.25) is 0 Å². The molecule has 2 atom stereocenters. The van der Waals surface area contributed by atoms with Crippen molar-refractivity contribution < 1.29 is 28.9 Å². The van der Waals surface area contributed by atoms with Crippen LogP contribution in [-0.4, -0.2) is 53.5 Å². The SMILES string of the molecule is COc1ccc([C@@H]2CC(=O)N(C(=O)OC(C)(C)C)[C@H]2CO)cc1OC1CCCC1. The summed E-state index contributed by atoms with van der Waals surface area (Å²) < 4.78 is 17.0. The molecule has 2 fully saturated rings. The Morgan fingerprint density at radius 1 is 1.21 bits per heavy atom. The van der Waals surface area contributed by atoms with Crippen LogP contribution >= 0.6 is 0 Å². The summed E-state index contributed by atoms with van der Waals surface area (Å²) in [5.41, 5.74) is 0.106. The summed E-state index contributed by atoms with van der Waals surface area (Å²) in [6, 6.07) is 4.87. The third-order valence-electron chi connectivity index (χ3n) is 5.45. The maximum absolute atomic E-state index is 12.6. The van der Waals surface area contributed by atoms with E-state index in [4.69, 9.17) is 14.2 Å². The summed E-state index contributed by atoms with van der Waals surface area (Å²) in [7, 11) is 1.59. The average molecular weight is 405 g/mol. The predicted octanol–water partition coefficient (Wildman–Crippen LogP) is 3.63. The molecule has 1 aromatic rings. The van der Waals surface area contributed by atoms with Crippen LogP contribution in [0.3, 0.4) is 0 Å². The molecule has 1 saturated heterocycles. The molecule has 0 bridgehead atoms. The Labute approximate surface area is 171 Å². The van der Waals surface area contributed by atoms with E-state index in [0.29, 0.717) is 11.5 Å². The Kier molecular flexibility index (Phi) is 6.36. The van der Waals surface area contributed by atoms with Crippen LogP contribution in [0.25, 0.3) is 0 Å². The van der Waals surface area contributed by atoms with Crippen molar-refractivity contribution in [3.63, 3.8) is 0 Å². The highest BCUT2D eigenvalue weighted by Gasteiger charge is 2.45. The van der Waals surface area contributed by atoms with Crippen molar-refractivity contribution in [2.24, 2.45) is 0 Å². The summed E-state index contributed by atoms with van der Waals surface area (Å²) in [4.78, 5) is 26.2. The minimum Gasteiger partial charge on any atom is -0.493 e. The number of aliphatic hydroxyl groups excluding tert-OH is 1. The first-order chi connectivity index (χ1) is 13.7. The lowest BCUT2D eigenvalue weighted by atomic mass is 9.91. The molecular formula is C22H31NO6. The van der Waals surface area contributed by atoms with Gasteiger partial charge in [0.15, 0.2) is 11.5 Å². The average Bonchev–Trinajstić information content (AvgIpc) is 3.27. The van der Waals surface area contributed by atoms with E-state index in [9.17, 15) is 14.7 Å². The second-order valence-electron chi connectivity index (χ2n) is 8.74. The van der Waals surface area contributed by atoms with Gasteiger partial charge in [-0.2, -0.15) is 0 Å². The van der Waals surface area contributed by atoms with Gasteiger partial charge in [0.2, 0.25) is 5.91 Å². The number of likely N-dealkylation sites (tertiary alicyclic amines) is 1. The number of benzene rings is 1. The second-order valence-corrected chi connectivity index (χ2v) is 8.74. The first-order valence-corrected chi connectivity index (χ1v) is 10.2. The summed E-state index contributed by atoms with van der Waals surface area (Å²) in [6.07, 6.45) is 3.90. The van der Waals surface area contributed by atoms with Crippen LogP contribution in [0.1, 0.15) is 64.4 Å². The van der Waals surface area contributed by atoms with Crippen LogP contribution in [0.4, 0.5) is 4.79 Å². The van der Waals surface area contributed by atoms with Crippen molar-refractivity contribution in [2.75, 3.05) is 13.7 Å². The van der Waals surface area contributed by atoms with E-state index in [-0.39, 0.29) is 31.0 Å². The Balaban J connectivity index is 1.85. The van der Waals surface area contributed by atoms with Gasteiger partial charge >= 0.3 is 6.09 Å². The van der Waals surface area contributed by atoms with Gasteiger partial charge in [0, 0.05) is 12.3 Å². The Hall–Kier alpha value is -2.28. The van der Waals surface area contributed by atoms with E-state index in [0.717, 1.165) is 36.1 Å². The molecule has 160 valence electrons. The third kappa shape index (κ3) is 4.83. The highest BCUT2D eigenvalue weighted by molar-refractivity contribution is 5.95. The summed E-state index contributed by atoms with van der Waals surface area (Å²) in [5.74, 6) is 0.584. The van der Waals surface area contributed by atoms with Crippen molar-refractivity contribution in [2.45, 2.75) is 76.5 Å². The fraction of sp³-hybridized carbons (Fsp3) is 0.636. The van der Waals surface area contributed by atoms with Crippen LogP contribution in [0.15, 0.2) is 18.2 Å². The number of ether oxygens (including phenoxy) is 3. The fourth-order valence-corrected chi connectivity index (χ4v) is 4.09. The van der Waals surface area contributed by atoms with Crippen molar-refractivity contribution >= 4 is 12.0 Å². The molecule has 0 radical (unpaired) electrons. The lowest BCUT2D eigenvalue weighted by Gasteiger charge is -2.28. The second kappa shape index (κ2) is 8.61. The molecule has 1 heterocycles. The summed E-state index contributed by atoms with van der Waals surface area (Å²) in [6.45, 7) is 4.90. The summed E-state index contributed by atoms with van der Waals surface area (Å²) in [5, 5.41) is 9.98. The highest BCUT2D eigenvalue weighted by atomic mass is 16.6. The van der Waals surface area contributed by atoms with E-state index >= 15 is 0 Å². The number of carbonyl (C=O) groups is 2. The molecular weight excluding hydrogens is 374 g/mol. The monoisotopic (exact) mass is 405 g/mol. The minimum atomic E-state index is -0.724. The molecule has 7 heteroatoms. The molecule has 1 N–H and O–H groups in total. The number of nitrogens with zero attached hydrogens (tertiary/aromatic N) is 1. The largest absolute Gasteiger partial charge is 0.493 e. The van der Waals surface area contributed by atoms with Gasteiger partial charge in [-0.1, -0.05) is 6.07 Å². The Morgan fingerprint density at radius 2 is 1.90 bits per heavy atom. The van der Waals surface area contributed by atoms with Gasteiger partial charge in [-0.25, -0.2) is 9.69 Å². The standard InChI is InChI=1S/C22H31NO6/c1-22(2,3)29-21(26)23-17(13-24)16(12-20(23)25)14-9-10-18(27-4)19(11-14)28-15-7-5-6-8-15/h9-11,15-17,24H,5-8,12-13H2,1-4H3/t16-,17-/m0/s1. The van der Waals surface area contributed by atoms with Gasteiger partial charge in [-0.3, -0.25) is 4.79 Å². The molecule has 0 aromatic heterocycles. The highest BCUT2D eigenvalue weighted by Crippen LogP contribution is 2.40. The zero-order chi connectivity index (χ0) is 21.2. The van der Waals surface area contributed by atoms with E-state index in [1.165, 1.54) is 0 Å². The molecule has 3 rings (SSSR count). The molecule has 29 heavy (non-hydrogen) atoms. The first kappa shape index (κ1) is 21.4. The van der Waals surface area contributed by atoms with Crippen LogP contribution < -0.4 is 9.47 Å². The van der Waals surface area contributed by atoms with Gasteiger partial charge in [-0.05, 0) is 64.2 Å². The summed E-state index contributed by atoms with van der Waals surface area (Å²) >= 11 is 0. The molecule has 1 aromatic carbocycles.